The fraction of sp³-hybridized carbons (Fsp3) is 0.556. The quantitative estimate of drug-likeness (QED) is 0.644. The Bertz CT molecular complexity index is 710. The highest BCUT2D eigenvalue weighted by atomic mass is 19.4. The Kier molecular flexibility index (Phi) is 7.39. The number of halogens is 3. The van der Waals surface area contributed by atoms with Gasteiger partial charge in [-0.1, -0.05) is 13.8 Å². The zero-order chi connectivity index (χ0) is 20.9. The highest BCUT2D eigenvalue weighted by Gasteiger charge is 2.37. The van der Waals surface area contributed by atoms with Crippen LogP contribution in [0.4, 0.5) is 24.5 Å². The summed E-state index contributed by atoms with van der Waals surface area (Å²) in [6, 6.07) is 2.62. The summed E-state index contributed by atoms with van der Waals surface area (Å²) >= 11 is 0. The molecule has 1 heterocycles. The molecular formula is C18H25F3N4O3. The zero-order valence-corrected chi connectivity index (χ0v) is 15.8. The summed E-state index contributed by atoms with van der Waals surface area (Å²) in [5, 5.41) is 5.44. The van der Waals surface area contributed by atoms with Crippen LogP contribution in [0.3, 0.4) is 0 Å². The number of hydrogen-bond donors (Lipinski definition) is 3. The molecule has 0 radical (unpaired) electrons. The predicted octanol–water partition coefficient (Wildman–Crippen LogP) is 1.58. The van der Waals surface area contributed by atoms with E-state index in [1.54, 1.807) is 0 Å². The molecule has 0 unspecified atom stereocenters. The van der Waals surface area contributed by atoms with E-state index in [4.69, 9.17) is 10.5 Å². The van der Waals surface area contributed by atoms with Crippen LogP contribution >= 0.6 is 0 Å². The van der Waals surface area contributed by atoms with Crippen LogP contribution < -0.4 is 21.3 Å². The number of carbonyl (C=O) groups excluding carboxylic acids is 2. The number of anilines is 2. The van der Waals surface area contributed by atoms with Crippen molar-refractivity contribution >= 4 is 23.2 Å². The first-order chi connectivity index (χ1) is 13.1. The number of hydrogen-bond acceptors (Lipinski definition) is 5. The average molecular weight is 402 g/mol. The Morgan fingerprint density at radius 1 is 1.36 bits per heavy atom. The fourth-order valence-electron chi connectivity index (χ4n) is 2.74. The molecule has 1 aliphatic rings. The topological polar surface area (TPSA) is 96.7 Å². The normalized spacial score (nSPS) is 16.4. The van der Waals surface area contributed by atoms with Crippen LogP contribution in [0.25, 0.3) is 0 Å². The minimum Gasteiger partial charge on any atom is -0.370 e. The van der Waals surface area contributed by atoms with Gasteiger partial charge < -0.3 is 26.0 Å². The van der Waals surface area contributed by atoms with Gasteiger partial charge in [-0.2, -0.15) is 13.2 Å². The third-order valence-electron chi connectivity index (χ3n) is 4.17. The molecule has 7 nitrogen and oxygen atoms in total. The Morgan fingerprint density at radius 2 is 2.07 bits per heavy atom. The lowest BCUT2D eigenvalue weighted by Crippen LogP contribution is -2.47. The van der Waals surface area contributed by atoms with E-state index in [9.17, 15) is 22.8 Å². The second-order valence-electron chi connectivity index (χ2n) is 6.91. The molecule has 0 aliphatic carbocycles. The Labute approximate surface area is 161 Å². The maximum atomic E-state index is 13.6. The summed E-state index contributed by atoms with van der Waals surface area (Å²) < 4.78 is 45.7. The van der Waals surface area contributed by atoms with Crippen molar-refractivity contribution in [2.45, 2.75) is 26.1 Å². The van der Waals surface area contributed by atoms with Gasteiger partial charge in [0.15, 0.2) is 0 Å². The number of nitrogens with zero attached hydrogens (tertiary/aromatic N) is 1. The second kappa shape index (κ2) is 9.35. The van der Waals surface area contributed by atoms with E-state index in [2.05, 4.69) is 10.6 Å². The molecule has 1 aliphatic heterocycles. The standard InChI is InChI=1S/C18H25F3N4O3/c1-11(2)9-23-14(8-22)17(27)24-12-3-4-15(13(7-12)18(19,20)21)25-5-6-28-10-16(25)26/h3-4,7,11,14,23H,5-6,8-10,22H2,1-2H3,(H,24,27)/t14-/m0/s1. The van der Waals surface area contributed by atoms with E-state index in [-0.39, 0.29) is 43.6 Å². The molecule has 10 heteroatoms. The van der Waals surface area contributed by atoms with Gasteiger partial charge in [0.25, 0.3) is 5.91 Å². The number of amides is 2. The summed E-state index contributed by atoms with van der Waals surface area (Å²) in [6.07, 6.45) is -4.70. The van der Waals surface area contributed by atoms with Crippen LogP contribution in [0.2, 0.25) is 0 Å². The van der Waals surface area contributed by atoms with E-state index in [1.807, 2.05) is 13.8 Å². The summed E-state index contributed by atoms with van der Waals surface area (Å²) in [6.45, 7) is 4.38. The maximum absolute atomic E-state index is 13.6. The molecule has 4 N–H and O–H groups in total. The molecule has 0 aromatic heterocycles. The predicted molar refractivity (Wildman–Crippen MR) is 98.9 cm³/mol. The largest absolute Gasteiger partial charge is 0.418 e. The van der Waals surface area contributed by atoms with Crippen LogP contribution in [0.1, 0.15) is 19.4 Å². The molecule has 2 amide bonds. The summed E-state index contributed by atoms with van der Waals surface area (Å²) in [5.74, 6) is -0.787. The number of ether oxygens (including phenoxy) is 1. The first kappa shape index (κ1) is 22.1. The number of nitrogens with one attached hydrogen (secondary N) is 2. The Balaban J connectivity index is 2.24. The number of morpholine rings is 1. The molecule has 1 saturated heterocycles. The smallest absolute Gasteiger partial charge is 0.370 e. The number of carbonyl (C=O) groups is 2. The molecular weight excluding hydrogens is 377 g/mol. The van der Waals surface area contributed by atoms with Crippen molar-refractivity contribution in [1.82, 2.24) is 5.32 Å². The lowest BCUT2D eigenvalue weighted by molar-refractivity contribution is -0.137. The Morgan fingerprint density at radius 3 is 2.64 bits per heavy atom. The van der Waals surface area contributed by atoms with Crippen molar-refractivity contribution in [3.63, 3.8) is 0 Å². The van der Waals surface area contributed by atoms with Crippen molar-refractivity contribution in [2.24, 2.45) is 11.7 Å². The number of rotatable bonds is 7. The monoisotopic (exact) mass is 402 g/mol. The number of nitrogens with two attached hydrogens (primary N) is 1. The molecule has 0 spiro atoms. The minimum absolute atomic E-state index is 0.00500. The highest BCUT2D eigenvalue weighted by Crippen LogP contribution is 2.38. The Hall–Kier alpha value is -2.17. The van der Waals surface area contributed by atoms with Crippen LogP contribution in [0.5, 0.6) is 0 Å². The molecule has 156 valence electrons. The van der Waals surface area contributed by atoms with Crippen molar-refractivity contribution in [3.05, 3.63) is 23.8 Å². The lowest BCUT2D eigenvalue weighted by Gasteiger charge is -2.29. The van der Waals surface area contributed by atoms with Gasteiger partial charge in [0.1, 0.15) is 6.61 Å². The first-order valence-corrected chi connectivity index (χ1v) is 8.97. The van der Waals surface area contributed by atoms with E-state index < -0.39 is 29.6 Å². The lowest BCUT2D eigenvalue weighted by atomic mass is 10.1. The van der Waals surface area contributed by atoms with Crippen molar-refractivity contribution in [3.8, 4) is 0 Å². The molecule has 0 saturated carbocycles. The summed E-state index contributed by atoms with van der Waals surface area (Å²) in [4.78, 5) is 25.3. The number of benzene rings is 1. The second-order valence-corrected chi connectivity index (χ2v) is 6.91. The first-order valence-electron chi connectivity index (χ1n) is 8.97. The highest BCUT2D eigenvalue weighted by molar-refractivity contribution is 5.98. The summed E-state index contributed by atoms with van der Waals surface area (Å²) in [5.41, 5.74) is 4.31. The maximum Gasteiger partial charge on any atom is 0.418 e. The molecule has 0 bridgehead atoms. The molecule has 1 atom stereocenters. The molecule has 1 aromatic carbocycles. The van der Waals surface area contributed by atoms with Gasteiger partial charge in [0, 0.05) is 18.8 Å². The van der Waals surface area contributed by atoms with E-state index in [0.717, 1.165) is 11.0 Å². The van der Waals surface area contributed by atoms with Crippen LogP contribution in [0, 0.1) is 5.92 Å². The van der Waals surface area contributed by atoms with E-state index >= 15 is 0 Å². The van der Waals surface area contributed by atoms with Crippen LogP contribution in [-0.4, -0.2) is 50.7 Å². The molecule has 1 fully saturated rings. The van der Waals surface area contributed by atoms with Gasteiger partial charge in [-0.25, -0.2) is 0 Å². The third-order valence-corrected chi connectivity index (χ3v) is 4.17. The van der Waals surface area contributed by atoms with Gasteiger partial charge in [-0.05, 0) is 30.7 Å². The van der Waals surface area contributed by atoms with Crippen molar-refractivity contribution in [2.75, 3.05) is 43.1 Å². The van der Waals surface area contributed by atoms with E-state index in [1.165, 1.54) is 12.1 Å². The zero-order valence-electron chi connectivity index (χ0n) is 15.8. The fourth-order valence-corrected chi connectivity index (χ4v) is 2.74. The van der Waals surface area contributed by atoms with Crippen molar-refractivity contribution < 1.29 is 27.5 Å². The SMILES string of the molecule is CC(C)CN[C@@H](CN)C(=O)Nc1ccc(N2CCOCC2=O)c(C(F)(F)F)c1. The van der Waals surface area contributed by atoms with Crippen LogP contribution in [0.15, 0.2) is 18.2 Å². The molecule has 1 aromatic rings. The van der Waals surface area contributed by atoms with Gasteiger partial charge in [-0.15, -0.1) is 0 Å². The van der Waals surface area contributed by atoms with Gasteiger partial charge in [0.2, 0.25) is 5.91 Å². The van der Waals surface area contributed by atoms with Crippen LogP contribution in [-0.2, 0) is 20.5 Å². The van der Waals surface area contributed by atoms with Gasteiger partial charge in [-0.3, -0.25) is 9.59 Å². The van der Waals surface area contributed by atoms with Gasteiger partial charge >= 0.3 is 6.18 Å². The molecule has 2 rings (SSSR count). The van der Waals surface area contributed by atoms with E-state index in [0.29, 0.717) is 6.54 Å². The minimum atomic E-state index is -4.70. The van der Waals surface area contributed by atoms with Gasteiger partial charge in [0.05, 0.1) is 23.9 Å². The van der Waals surface area contributed by atoms with Crippen molar-refractivity contribution in [1.29, 1.82) is 0 Å². The summed E-state index contributed by atoms with van der Waals surface area (Å²) in [7, 11) is 0. The third kappa shape index (κ3) is 5.66. The molecule has 28 heavy (non-hydrogen) atoms. The average Bonchev–Trinajstić information content (AvgIpc) is 2.62. The number of alkyl halides is 3.